The average Bonchev–Trinajstić information content (AvgIpc) is 2.67. The second-order valence-corrected chi connectivity index (χ2v) is 6.77. The van der Waals surface area contributed by atoms with E-state index in [4.69, 9.17) is 9.15 Å². The molecule has 3 heteroatoms. The maximum absolute atomic E-state index is 12.9. The van der Waals surface area contributed by atoms with Gasteiger partial charge in [0.1, 0.15) is 11.3 Å². The lowest BCUT2D eigenvalue weighted by Gasteiger charge is -2.27. The number of allylic oxidation sites excluding steroid dienone is 1. The van der Waals surface area contributed by atoms with Gasteiger partial charge in [-0.25, -0.2) is 4.79 Å². The van der Waals surface area contributed by atoms with Crippen molar-refractivity contribution in [2.24, 2.45) is 0 Å². The van der Waals surface area contributed by atoms with E-state index in [0.717, 1.165) is 28.5 Å². The van der Waals surface area contributed by atoms with Crippen LogP contribution in [0, 0.1) is 6.92 Å². The number of hydrogen-bond donors (Lipinski definition) is 0. The standard InChI is InChI=1S/C23H24O3/c1-6-23(4,7-2)19-11-9-8-10-18(19)21-15(3)17-13-12-16(25-5)14-20(17)26-22(21)24/h6,8-14H,1,7H2,2-5H3. The van der Waals surface area contributed by atoms with Gasteiger partial charge in [0.25, 0.3) is 0 Å². The van der Waals surface area contributed by atoms with Crippen molar-refractivity contribution in [2.45, 2.75) is 32.6 Å². The molecule has 1 heterocycles. The molecule has 1 atom stereocenters. The molecule has 2 aromatic carbocycles. The lowest BCUT2D eigenvalue weighted by atomic mass is 9.76. The Labute approximate surface area is 153 Å². The summed E-state index contributed by atoms with van der Waals surface area (Å²) in [6.45, 7) is 10.2. The van der Waals surface area contributed by atoms with Gasteiger partial charge in [-0.05, 0) is 42.2 Å². The number of methoxy groups -OCH3 is 1. The van der Waals surface area contributed by atoms with Crippen LogP contribution >= 0.6 is 0 Å². The summed E-state index contributed by atoms with van der Waals surface area (Å²) in [6.07, 6.45) is 2.84. The smallest absolute Gasteiger partial charge is 0.344 e. The Balaban J connectivity index is 2.34. The molecular formula is C23H24O3. The zero-order valence-corrected chi connectivity index (χ0v) is 15.8. The third-order valence-corrected chi connectivity index (χ3v) is 5.37. The Hall–Kier alpha value is -2.81. The second-order valence-electron chi connectivity index (χ2n) is 6.77. The molecule has 0 spiro atoms. The minimum atomic E-state index is -0.335. The lowest BCUT2D eigenvalue weighted by Crippen LogP contribution is -2.20. The summed E-state index contributed by atoms with van der Waals surface area (Å²) in [7, 11) is 1.59. The Morgan fingerprint density at radius 1 is 1.23 bits per heavy atom. The highest BCUT2D eigenvalue weighted by Gasteiger charge is 2.26. The predicted octanol–water partition coefficient (Wildman–Crippen LogP) is 5.63. The number of aryl methyl sites for hydroxylation is 1. The molecule has 0 saturated carbocycles. The predicted molar refractivity (Wildman–Crippen MR) is 107 cm³/mol. The topological polar surface area (TPSA) is 39.4 Å². The first-order valence-electron chi connectivity index (χ1n) is 8.80. The van der Waals surface area contributed by atoms with Gasteiger partial charge < -0.3 is 9.15 Å². The summed E-state index contributed by atoms with van der Waals surface area (Å²) in [5.41, 5.74) is 3.49. The van der Waals surface area contributed by atoms with Crippen LogP contribution in [0.5, 0.6) is 5.75 Å². The normalized spacial score (nSPS) is 13.4. The van der Waals surface area contributed by atoms with Gasteiger partial charge in [-0.2, -0.15) is 0 Å². The van der Waals surface area contributed by atoms with Crippen molar-refractivity contribution < 1.29 is 9.15 Å². The Bertz CT molecular complexity index is 1030. The Morgan fingerprint density at radius 3 is 2.62 bits per heavy atom. The molecule has 0 aliphatic heterocycles. The zero-order valence-electron chi connectivity index (χ0n) is 15.8. The molecule has 0 fully saturated rings. The van der Waals surface area contributed by atoms with Crippen molar-refractivity contribution in [1.29, 1.82) is 0 Å². The molecule has 134 valence electrons. The molecule has 0 bridgehead atoms. The van der Waals surface area contributed by atoms with Crippen LogP contribution in [0.25, 0.3) is 22.1 Å². The highest BCUT2D eigenvalue weighted by Crippen LogP contribution is 2.38. The Morgan fingerprint density at radius 2 is 1.96 bits per heavy atom. The van der Waals surface area contributed by atoms with E-state index in [9.17, 15) is 4.79 Å². The fourth-order valence-corrected chi connectivity index (χ4v) is 3.42. The second kappa shape index (κ2) is 6.83. The summed E-state index contributed by atoms with van der Waals surface area (Å²) in [5, 5.41) is 0.909. The molecule has 0 saturated heterocycles. The summed E-state index contributed by atoms with van der Waals surface area (Å²) in [6, 6.07) is 13.6. The molecule has 1 aromatic heterocycles. The van der Waals surface area contributed by atoms with Crippen molar-refractivity contribution >= 4 is 11.0 Å². The summed E-state index contributed by atoms with van der Waals surface area (Å²) >= 11 is 0. The molecular weight excluding hydrogens is 324 g/mol. The van der Waals surface area contributed by atoms with Gasteiger partial charge in [0.05, 0.1) is 12.7 Å². The minimum absolute atomic E-state index is 0.218. The van der Waals surface area contributed by atoms with Crippen molar-refractivity contribution in [2.75, 3.05) is 7.11 Å². The number of rotatable bonds is 5. The van der Waals surface area contributed by atoms with Gasteiger partial charge >= 0.3 is 5.63 Å². The molecule has 26 heavy (non-hydrogen) atoms. The number of hydrogen-bond acceptors (Lipinski definition) is 3. The molecule has 0 amide bonds. The molecule has 1 unspecified atom stereocenters. The number of ether oxygens (including phenoxy) is 1. The van der Waals surface area contributed by atoms with Crippen LogP contribution in [-0.2, 0) is 5.41 Å². The molecule has 0 aliphatic carbocycles. The van der Waals surface area contributed by atoms with Crippen LogP contribution in [0.2, 0.25) is 0 Å². The summed E-state index contributed by atoms with van der Waals surface area (Å²) < 4.78 is 10.9. The fraction of sp³-hybridized carbons (Fsp3) is 0.261. The third kappa shape index (κ3) is 2.84. The van der Waals surface area contributed by atoms with Crippen LogP contribution in [-0.4, -0.2) is 7.11 Å². The van der Waals surface area contributed by atoms with Crippen LogP contribution in [0.15, 0.2) is 64.3 Å². The van der Waals surface area contributed by atoms with Gasteiger partial charge in [0, 0.05) is 16.9 Å². The van der Waals surface area contributed by atoms with Crippen LogP contribution < -0.4 is 10.4 Å². The highest BCUT2D eigenvalue weighted by molar-refractivity contribution is 5.88. The van der Waals surface area contributed by atoms with Crippen LogP contribution in [0.1, 0.15) is 31.4 Å². The first kappa shape index (κ1) is 18.0. The van der Waals surface area contributed by atoms with E-state index in [-0.39, 0.29) is 11.0 Å². The first-order valence-corrected chi connectivity index (χ1v) is 8.80. The Kier molecular flexibility index (Phi) is 4.73. The van der Waals surface area contributed by atoms with Crippen LogP contribution in [0.3, 0.4) is 0 Å². The minimum Gasteiger partial charge on any atom is -0.497 e. The monoisotopic (exact) mass is 348 g/mol. The largest absolute Gasteiger partial charge is 0.497 e. The van der Waals surface area contributed by atoms with Crippen molar-refractivity contribution in [3.63, 3.8) is 0 Å². The quantitative estimate of drug-likeness (QED) is 0.443. The maximum atomic E-state index is 12.9. The van der Waals surface area contributed by atoms with E-state index in [1.807, 2.05) is 43.3 Å². The summed E-state index contributed by atoms with van der Waals surface area (Å²) in [5.74, 6) is 0.665. The molecule has 3 rings (SSSR count). The number of fused-ring (bicyclic) bond motifs is 1. The third-order valence-electron chi connectivity index (χ3n) is 5.37. The fourth-order valence-electron chi connectivity index (χ4n) is 3.42. The number of benzene rings is 2. The molecule has 0 N–H and O–H groups in total. The van der Waals surface area contributed by atoms with E-state index >= 15 is 0 Å². The molecule has 0 radical (unpaired) electrons. The molecule has 0 aliphatic rings. The van der Waals surface area contributed by atoms with Gasteiger partial charge in [-0.1, -0.05) is 44.2 Å². The molecule has 3 nitrogen and oxygen atoms in total. The lowest BCUT2D eigenvalue weighted by molar-refractivity contribution is 0.414. The van der Waals surface area contributed by atoms with Crippen LogP contribution in [0.4, 0.5) is 0 Å². The highest BCUT2D eigenvalue weighted by atomic mass is 16.5. The maximum Gasteiger partial charge on any atom is 0.344 e. The zero-order chi connectivity index (χ0) is 18.9. The first-order chi connectivity index (χ1) is 12.4. The van der Waals surface area contributed by atoms with Gasteiger partial charge in [0.15, 0.2) is 0 Å². The molecule has 3 aromatic rings. The summed E-state index contributed by atoms with van der Waals surface area (Å²) in [4.78, 5) is 12.9. The average molecular weight is 348 g/mol. The van der Waals surface area contributed by atoms with Gasteiger partial charge in [-0.3, -0.25) is 0 Å². The van der Waals surface area contributed by atoms with E-state index in [2.05, 4.69) is 26.5 Å². The van der Waals surface area contributed by atoms with Gasteiger partial charge in [0.2, 0.25) is 0 Å². The van der Waals surface area contributed by atoms with E-state index in [0.29, 0.717) is 16.9 Å². The van der Waals surface area contributed by atoms with Gasteiger partial charge in [-0.15, -0.1) is 6.58 Å². The van der Waals surface area contributed by atoms with Crippen molar-refractivity contribution in [1.82, 2.24) is 0 Å². The van der Waals surface area contributed by atoms with E-state index < -0.39 is 0 Å². The van der Waals surface area contributed by atoms with E-state index in [1.165, 1.54) is 0 Å². The SMILES string of the molecule is C=CC(C)(CC)c1ccccc1-c1c(C)c2ccc(OC)cc2oc1=O. The van der Waals surface area contributed by atoms with E-state index in [1.54, 1.807) is 13.2 Å². The van der Waals surface area contributed by atoms with Crippen molar-refractivity contribution in [3.8, 4) is 16.9 Å². The van der Waals surface area contributed by atoms with Crippen molar-refractivity contribution in [3.05, 3.63) is 76.7 Å².